The minimum absolute atomic E-state index is 0.424. The number of aryl methyl sites for hydroxylation is 2. The van der Waals surface area contributed by atoms with Gasteiger partial charge in [0.25, 0.3) is 0 Å². The highest BCUT2D eigenvalue weighted by molar-refractivity contribution is 5.96. The fraction of sp³-hybridized carbons (Fsp3) is 0.125. The van der Waals surface area contributed by atoms with E-state index in [-0.39, 0.29) is 0 Å². The van der Waals surface area contributed by atoms with Gasteiger partial charge in [0.05, 0.1) is 11.0 Å². The summed E-state index contributed by atoms with van der Waals surface area (Å²) in [6, 6.07) is 15.6. The van der Waals surface area contributed by atoms with Crippen LogP contribution in [0, 0.1) is 0 Å². The van der Waals surface area contributed by atoms with Crippen molar-refractivity contribution in [2.75, 3.05) is 0 Å². The molecule has 0 radical (unpaired) electrons. The normalized spacial score (nSPS) is 10.8. The zero-order valence-electron chi connectivity index (χ0n) is 11.0. The van der Waals surface area contributed by atoms with Crippen molar-refractivity contribution in [3.05, 3.63) is 65.5 Å². The van der Waals surface area contributed by atoms with E-state index in [1.165, 1.54) is 5.56 Å². The van der Waals surface area contributed by atoms with Gasteiger partial charge in [-0.1, -0.05) is 30.3 Å². The molecule has 4 nitrogen and oxygen atoms in total. The van der Waals surface area contributed by atoms with Crippen LogP contribution in [0.25, 0.3) is 11.0 Å². The van der Waals surface area contributed by atoms with E-state index in [1.807, 2.05) is 24.3 Å². The molecule has 3 N–H and O–H groups in total. The van der Waals surface area contributed by atoms with Crippen molar-refractivity contribution in [2.45, 2.75) is 12.8 Å². The zero-order chi connectivity index (χ0) is 13.9. The Labute approximate surface area is 116 Å². The summed E-state index contributed by atoms with van der Waals surface area (Å²) < 4.78 is 0. The summed E-state index contributed by atoms with van der Waals surface area (Å²) in [4.78, 5) is 18.9. The maximum Gasteiger partial charge on any atom is 0.248 e. The van der Waals surface area contributed by atoms with Crippen molar-refractivity contribution in [1.82, 2.24) is 9.97 Å². The number of carbonyl (C=O) groups excluding carboxylic acids is 1. The van der Waals surface area contributed by atoms with Crippen LogP contribution in [0.5, 0.6) is 0 Å². The monoisotopic (exact) mass is 265 g/mol. The number of hydrogen-bond acceptors (Lipinski definition) is 2. The first-order valence-corrected chi connectivity index (χ1v) is 6.55. The third kappa shape index (κ3) is 2.54. The zero-order valence-corrected chi connectivity index (χ0v) is 11.0. The fourth-order valence-electron chi connectivity index (χ4n) is 2.24. The molecular formula is C16H15N3O. The summed E-state index contributed by atoms with van der Waals surface area (Å²) in [6.45, 7) is 0. The van der Waals surface area contributed by atoms with Gasteiger partial charge in [0.2, 0.25) is 5.91 Å². The first-order chi connectivity index (χ1) is 9.72. The van der Waals surface area contributed by atoms with Crippen molar-refractivity contribution >= 4 is 16.9 Å². The highest BCUT2D eigenvalue weighted by Crippen LogP contribution is 2.15. The number of rotatable bonds is 4. The second-order valence-corrected chi connectivity index (χ2v) is 4.77. The van der Waals surface area contributed by atoms with Crippen LogP contribution in [0.3, 0.4) is 0 Å². The molecule has 4 heteroatoms. The number of amides is 1. The molecule has 3 rings (SSSR count). The van der Waals surface area contributed by atoms with E-state index < -0.39 is 5.91 Å². The Balaban J connectivity index is 1.80. The molecule has 0 bridgehead atoms. The Morgan fingerprint density at radius 2 is 1.90 bits per heavy atom. The standard InChI is InChI=1S/C16H15N3O/c17-16(20)12-7-8-13-14(10-12)19-15(18-13)9-6-11-4-2-1-3-5-11/h1-5,7-8,10H,6,9H2,(H2,17,20)(H,18,19). The number of fused-ring (bicyclic) bond motifs is 1. The van der Waals surface area contributed by atoms with Crippen LogP contribution >= 0.6 is 0 Å². The number of nitrogens with one attached hydrogen (secondary N) is 1. The lowest BCUT2D eigenvalue weighted by molar-refractivity contribution is 0.100. The Hall–Kier alpha value is -2.62. The molecular weight excluding hydrogens is 250 g/mol. The molecule has 0 saturated carbocycles. The molecule has 0 unspecified atom stereocenters. The Morgan fingerprint density at radius 3 is 2.65 bits per heavy atom. The number of H-pyrrole nitrogens is 1. The fourth-order valence-corrected chi connectivity index (χ4v) is 2.24. The highest BCUT2D eigenvalue weighted by atomic mass is 16.1. The Kier molecular flexibility index (Phi) is 3.21. The lowest BCUT2D eigenvalue weighted by Crippen LogP contribution is -2.10. The second kappa shape index (κ2) is 5.17. The van der Waals surface area contributed by atoms with Gasteiger partial charge in [0.15, 0.2) is 0 Å². The van der Waals surface area contributed by atoms with Gasteiger partial charge in [-0.05, 0) is 30.2 Å². The summed E-state index contributed by atoms with van der Waals surface area (Å²) in [5.41, 5.74) is 8.76. The molecule has 0 aliphatic carbocycles. The predicted molar refractivity (Wildman–Crippen MR) is 78.5 cm³/mol. The minimum Gasteiger partial charge on any atom is -0.366 e. The lowest BCUT2D eigenvalue weighted by atomic mass is 10.1. The van der Waals surface area contributed by atoms with E-state index in [4.69, 9.17) is 5.73 Å². The summed E-state index contributed by atoms with van der Waals surface area (Å²) >= 11 is 0. The number of carbonyl (C=O) groups is 1. The third-order valence-electron chi connectivity index (χ3n) is 3.31. The smallest absolute Gasteiger partial charge is 0.248 e. The molecule has 0 spiro atoms. The molecule has 0 atom stereocenters. The van der Waals surface area contributed by atoms with Gasteiger partial charge in [-0.2, -0.15) is 0 Å². The first kappa shape index (κ1) is 12.4. The lowest BCUT2D eigenvalue weighted by Gasteiger charge is -1.97. The van der Waals surface area contributed by atoms with Gasteiger partial charge in [-0.15, -0.1) is 0 Å². The van der Waals surface area contributed by atoms with Crippen LogP contribution in [0.2, 0.25) is 0 Å². The van der Waals surface area contributed by atoms with E-state index in [2.05, 4.69) is 22.1 Å². The number of aromatic amines is 1. The van der Waals surface area contributed by atoms with E-state index in [0.29, 0.717) is 5.56 Å². The molecule has 0 saturated heterocycles. The second-order valence-electron chi connectivity index (χ2n) is 4.77. The molecule has 1 aromatic heterocycles. The first-order valence-electron chi connectivity index (χ1n) is 6.55. The van der Waals surface area contributed by atoms with E-state index in [9.17, 15) is 4.79 Å². The predicted octanol–water partition coefficient (Wildman–Crippen LogP) is 2.45. The molecule has 0 fully saturated rings. The molecule has 3 aromatic rings. The number of nitrogens with zero attached hydrogens (tertiary/aromatic N) is 1. The number of primary amides is 1. The van der Waals surface area contributed by atoms with Crippen LogP contribution < -0.4 is 5.73 Å². The number of aromatic nitrogens is 2. The maximum absolute atomic E-state index is 11.2. The average Bonchev–Trinajstić information content (AvgIpc) is 2.88. The highest BCUT2D eigenvalue weighted by Gasteiger charge is 2.06. The SMILES string of the molecule is NC(=O)c1ccc2nc(CCc3ccccc3)[nH]c2c1. The summed E-state index contributed by atoms with van der Waals surface area (Å²) in [5.74, 6) is 0.498. The number of hydrogen-bond donors (Lipinski definition) is 2. The van der Waals surface area contributed by atoms with Crippen LogP contribution in [0.4, 0.5) is 0 Å². The van der Waals surface area contributed by atoms with Crippen molar-refractivity contribution in [3.8, 4) is 0 Å². The van der Waals surface area contributed by atoms with E-state index >= 15 is 0 Å². The van der Waals surface area contributed by atoms with Crippen LogP contribution in [0.1, 0.15) is 21.7 Å². The topological polar surface area (TPSA) is 71.8 Å². The number of benzene rings is 2. The summed E-state index contributed by atoms with van der Waals surface area (Å²) in [7, 11) is 0. The Bertz CT molecular complexity index is 747. The van der Waals surface area contributed by atoms with Crippen LogP contribution in [-0.2, 0) is 12.8 Å². The largest absolute Gasteiger partial charge is 0.366 e. The van der Waals surface area contributed by atoms with Gasteiger partial charge in [0.1, 0.15) is 5.82 Å². The quantitative estimate of drug-likeness (QED) is 0.760. The van der Waals surface area contributed by atoms with E-state index in [1.54, 1.807) is 12.1 Å². The number of imidazole rings is 1. The number of nitrogens with two attached hydrogens (primary N) is 1. The third-order valence-corrected chi connectivity index (χ3v) is 3.31. The van der Waals surface area contributed by atoms with Crippen molar-refractivity contribution in [3.63, 3.8) is 0 Å². The van der Waals surface area contributed by atoms with Crippen molar-refractivity contribution in [1.29, 1.82) is 0 Å². The molecule has 0 aliphatic heterocycles. The van der Waals surface area contributed by atoms with Crippen molar-refractivity contribution < 1.29 is 4.79 Å². The van der Waals surface area contributed by atoms with Crippen LogP contribution in [0.15, 0.2) is 48.5 Å². The molecule has 1 amide bonds. The Morgan fingerprint density at radius 1 is 1.10 bits per heavy atom. The van der Waals surface area contributed by atoms with Crippen molar-refractivity contribution in [2.24, 2.45) is 5.73 Å². The molecule has 20 heavy (non-hydrogen) atoms. The maximum atomic E-state index is 11.2. The average molecular weight is 265 g/mol. The molecule has 100 valence electrons. The van der Waals surface area contributed by atoms with Crippen LogP contribution in [-0.4, -0.2) is 15.9 Å². The van der Waals surface area contributed by atoms with Gasteiger partial charge in [-0.25, -0.2) is 4.98 Å². The summed E-state index contributed by atoms with van der Waals surface area (Å²) in [6.07, 6.45) is 1.77. The van der Waals surface area contributed by atoms with Gasteiger partial charge in [-0.3, -0.25) is 4.79 Å². The summed E-state index contributed by atoms with van der Waals surface area (Å²) in [5, 5.41) is 0. The molecule has 0 aliphatic rings. The molecule has 2 aromatic carbocycles. The van der Waals surface area contributed by atoms with Gasteiger partial charge >= 0.3 is 0 Å². The van der Waals surface area contributed by atoms with Gasteiger partial charge in [0, 0.05) is 12.0 Å². The van der Waals surface area contributed by atoms with Gasteiger partial charge < -0.3 is 10.7 Å². The minimum atomic E-state index is -0.424. The molecule has 1 heterocycles. The van der Waals surface area contributed by atoms with E-state index in [0.717, 1.165) is 29.7 Å².